The van der Waals surface area contributed by atoms with Crippen molar-refractivity contribution >= 4 is 23.5 Å². The van der Waals surface area contributed by atoms with E-state index in [0.29, 0.717) is 16.7 Å². The Hall–Kier alpha value is -4.39. The number of amides is 2. The lowest BCUT2D eigenvalue weighted by molar-refractivity contribution is -0.137. The van der Waals surface area contributed by atoms with Gasteiger partial charge < -0.3 is 20.1 Å². The van der Waals surface area contributed by atoms with Crippen LogP contribution in [-0.4, -0.2) is 36.7 Å². The smallest absolute Gasteiger partial charge is 0.408 e. The van der Waals surface area contributed by atoms with Crippen molar-refractivity contribution in [2.24, 2.45) is 0 Å². The SMILES string of the molecule is COC(=O)C(NC(=O)[C@H](Cc1ccccc1)NC(=O)OC(C)(C)C)=C(c1ccccc1)c1ccccc1. The molecular weight excluding hydrogens is 468 g/mol. The maximum atomic E-state index is 13.6. The number of hydrogen-bond acceptors (Lipinski definition) is 5. The van der Waals surface area contributed by atoms with Gasteiger partial charge in [-0.1, -0.05) is 91.0 Å². The summed E-state index contributed by atoms with van der Waals surface area (Å²) in [5, 5.41) is 5.40. The molecule has 0 fully saturated rings. The second kappa shape index (κ2) is 12.5. The molecule has 1 atom stereocenters. The molecule has 0 aromatic heterocycles. The van der Waals surface area contributed by atoms with Gasteiger partial charge in [0, 0.05) is 12.0 Å². The van der Waals surface area contributed by atoms with E-state index in [4.69, 9.17) is 9.47 Å². The fourth-order valence-corrected chi connectivity index (χ4v) is 3.70. The number of benzene rings is 3. The molecular formula is C30H32N2O5. The molecule has 0 aliphatic carbocycles. The van der Waals surface area contributed by atoms with Crippen LogP contribution in [0.4, 0.5) is 4.79 Å². The molecule has 0 heterocycles. The average molecular weight is 501 g/mol. The minimum atomic E-state index is -1.02. The molecule has 7 heteroatoms. The Bertz CT molecular complexity index is 1190. The molecule has 0 unspecified atom stereocenters. The van der Waals surface area contributed by atoms with Crippen LogP contribution in [0.15, 0.2) is 96.7 Å². The highest BCUT2D eigenvalue weighted by molar-refractivity contribution is 6.05. The molecule has 0 spiro atoms. The summed E-state index contributed by atoms with van der Waals surface area (Å²) < 4.78 is 10.4. The van der Waals surface area contributed by atoms with Gasteiger partial charge >= 0.3 is 12.1 Å². The van der Waals surface area contributed by atoms with Gasteiger partial charge in [0.1, 0.15) is 17.3 Å². The number of nitrogens with one attached hydrogen (secondary N) is 2. The van der Waals surface area contributed by atoms with Gasteiger partial charge in [0.25, 0.3) is 0 Å². The van der Waals surface area contributed by atoms with Crippen LogP contribution in [0.2, 0.25) is 0 Å². The molecule has 7 nitrogen and oxygen atoms in total. The molecule has 0 aliphatic rings. The zero-order valence-corrected chi connectivity index (χ0v) is 21.5. The third-order valence-corrected chi connectivity index (χ3v) is 5.30. The number of hydrogen-bond donors (Lipinski definition) is 2. The van der Waals surface area contributed by atoms with Crippen molar-refractivity contribution in [3.8, 4) is 0 Å². The minimum absolute atomic E-state index is 0.0334. The van der Waals surface area contributed by atoms with Gasteiger partial charge in [-0.05, 0) is 37.5 Å². The zero-order chi connectivity index (χ0) is 26.8. The molecule has 2 N–H and O–H groups in total. The summed E-state index contributed by atoms with van der Waals surface area (Å²) in [5.74, 6) is -1.30. The highest BCUT2D eigenvalue weighted by Gasteiger charge is 2.28. The Morgan fingerprint density at radius 3 is 1.73 bits per heavy atom. The molecule has 37 heavy (non-hydrogen) atoms. The van der Waals surface area contributed by atoms with Crippen molar-refractivity contribution in [2.75, 3.05) is 7.11 Å². The Kier molecular flexibility index (Phi) is 9.21. The third-order valence-electron chi connectivity index (χ3n) is 5.30. The summed E-state index contributed by atoms with van der Waals surface area (Å²) in [7, 11) is 1.25. The van der Waals surface area contributed by atoms with Crippen molar-refractivity contribution in [1.82, 2.24) is 10.6 Å². The summed E-state index contributed by atoms with van der Waals surface area (Å²) in [6.45, 7) is 5.22. The predicted molar refractivity (Wildman–Crippen MR) is 142 cm³/mol. The van der Waals surface area contributed by atoms with E-state index in [1.165, 1.54) is 7.11 Å². The number of carbonyl (C=O) groups is 3. The molecule has 0 saturated carbocycles. The molecule has 0 aliphatic heterocycles. The predicted octanol–water partition coefficient (Wildman–Crippen LogP) is 4.87. The van der Waals surface area contributed by atoms with Crippen LogP contribution in [0, 0.1) is 0 Å². The van der Waals surface area contributed by atoms with Gasteiger partial charge in [0.05, 0.1) is 7.11 Å². The largest absolute Gasteiger partial charge is 0.464 e. The summed E-state index contributed by atoms with van der Waals surface area (Å²) >= 11 is 0. The third kappa shape index (κ3) is 8.07. The number of ether oxygens (including phenoxy) is 2. The highest BCUT2D eigenvalue weighted by atomic mass is 16.6. The first kappa shape index (κ1) is 27.2. The zero-order valence-electron chi connectivity index (χ0n) is 21.5. The quantitative estimate of drug-likeness (QED) is 0.340. The first-order valence-electron chi connectivity index (χ1n) is 12.0. The summed E-state index contributed by atoms with van der Waals surface area (Å²) in [4.78, 5) is 39.2. The van der Waals surface area contributed by atoms with Crippen LogP contribution < -0.4 is 10.6 Å². The minimum Gasteiger partial charge on any atom is -0.464 e. The molecule has 0 saturated heterocycles. The van der Waals surface area contributed by atoms with Crippen molar-refractivity contribution in [3.63, 3.8) is 0 Å². The monoisotopic (exact) mass is 500 g/mol. The van der Waals surface area contributed by atoms with Gasteiger partial charge in [-0.3, -0.25) is 4.79 Å². The first-order valence-corrected chi connectivity index (χ1v) is 12.0. The fourth-order valence-electron chi connectivity index (χ4n) is 3.70. The van der Waals surface area contributed by atoms with Gasteiger partial charge in [-0.2, -0.15) is 0 Å². The van der Waals surface area contributed by atoms with Gasteiger partial charge in [-0.15, -0.1) is 0 Å². The van der Waals surface area contributed by atoms with Gasteiger partial charge in [0.15, 0.2) is 0 Å². The van der Waals surface area contributed by atoms with Crippen LogP contribution >= 0.6 is 0 Å². The van der Waals surface area contributed by atoms with E-state index in [1.54, 1.807) is 20.8 Å². The van der Waals surface area contributed by atoms with Gasteiger partial charge in [-0.25, -0.2) is 9.59 Å². The molecule has 192 valence electrons. The molecule has 3 aromatic carbocycles. The fraction of sp³-hybridized carbons (Fsp3) is 0.233. The van der Waals surface area contributed by atoms with Crippen LogP contribution in [0.5, 0.6) is 0 Å². The Labute approximate surface area is 217 Å². The average Bonchev–Trinajstić information content (AvgIpc) is 2.88. The van der Waals surface area contributed by atoms with Crippen molar-refractivity contribution in [1.29, 1.82) is 0 Å². The van der Waals surface area contributed by atoms with E-state index in [1.807, 2.05) is 91.0 Å². The maximum absolute atomic E-state index is 13.6. The second-order valence-electron chi connectivity index (χ2n) is 9.35. The lowest BCUT2D eigenvalue weighted by Crippen LogP contribution is -2.50. The van der Waals surface area contributed by atoms with E-state index in [2.05, 4.69) is 10.6 Å². The maximum Gasteiger partial charge on any atom is 0.408 e. The molecule has 2 amide bonds. The van der Waals surface area contributed by atoms with Crippen molar-refractivity contribution < 1.29 is 23.9 Å². The number of rotatable bonds is 8. The van der Waals surface area contributed by atoms with Crippen LogP contribution in [0.3, 0.4) is 0 Å². The normalized spacial score (nSPS) is 11.6. The Morgan fingerprint density at radius 2 is 1.27 bits per heavy atom. The molecule has 3 aromatic rings. The topological polar surface area (TPSA) is 93.7 Å². The number of methoxy groups -OCH3 is 1. The number of alkyl carbamates (subject to hydrolysis) is 1. The van der Waals surface area contributed by atoms with Crippen molar-refractivity contribution in [2.45, 2.75) is 38.8 Å². The van der Waals surface area contributed by atoms with E-state index in [9.17, 15) is 14.4 Å². The Morgan fingerprint density at radius 1 is 0.784 bits per heavy atom. The molecule has 3 rings (SSSR count). The first-order chi connectivity index (χ1) is 17.7. The number of carbonyl (C=O) groups excluding carboxylic acids is 3. The van der Waals surface area contributed by atoms with Crippen molar-refractivity contribution in [3.05, 3.63) is 113 Å². The van der Waals surface area contributed by atoms with Crippen LogP contribution in [0.1, 0.15) is 37.5 Å². The van der Waals surface area contributed by atoms with E-state index < -0.39 is 29.6 Å². The van der Waals surface area contributed by atoms with Crippen LogP contribution in [0.25, 0.3) is 5.57 Å². The summed E-state index contributed by atoms with van der Waals surface area (Å²) in [5.41, 5.74) is 1.98. The lowest BCUT2D eigenvalue weighted by Gasteiger charge is -2.24. The van der Waals surface area contributed by atoms with E-state index in [-0.39, 0.29) is 12.1 Å². The van der Waals surface area contributed by atoms with Crippen LogP contribution in [-0.2, 0) is 25.5 Å². The second-order valence-corrected chi connectivity index (χ2v) is 9.35. The highest BCUT2D eigenvalue weighted by Crippen LogP contribution is 2.27. The molecule has 0 bridgehead atoms. The Balaban J connectivity index is 2.04. The molecule has 0 radical (unpaired) electrons. The summed E-state index contributed by atoms with van der Waals surface area (Å²) in [6, 6.07) is 26.7. The lowest BCUT2D eigenvalue weighted by atomic mass is 9.95. The summed E-state index contributed by atoms with van der Waals surface area (Å²) in [6.07, 6.45) is -0.551. The van der Waals surface area contributed by atoms with E-state index in [0.717, 1.165) is 5.56 Å². The standard InChI is InChI=1S/C30H32N2O5/c1-30(2,3)37-29(35)31-24(20-21-14-8-5-9-15-21)27(33)32-26(28(34)36-4)25(22-16-10-6-11-17-22)23-18-12-7-13-19-23/h5-19,24H,20H2,1-4H3,(H,31,35)(H,32,33)/t24-/m0/s1. The number of esters is 1. The van der Waals surface area contributed by atoms with Gasteiger partial charge in [0.2, 0.25) is 5.91 Å². The van der Waals surface area contributed by atoms with E-state index >= 15 is 0 Å².